The lowest BCUT2D eigenvalue weighted by molar-refractivity contribution is 0.307. The molecule has 0 saturated carbocycles. The second-order valence-corrected chi connectivity index (χ2v) is 3.28. The van der Waals surface area contributed by atoms with Crippen molar-refractivity contribution < 1.29 is 4.63 Å². The fraction of sp³-hybridized carbons (Fsp3) is 0.500. The summed E-state index contributed by atoms with van der Waals surface area (Å²) in [5.74, 6) is 1.24. The van der Waals surface area contributed by atoms with Gasteiger partial charge in [0.1, 0.15) is 5.84 Å². The van der Waals surface area contributed by atoms with Gasteiger partial charge in [-0.05, 0) is 16.6 Å². The molecule has 0 aliphatic heterocycles. The maximum atomic E-state index is 7.14. The number of nitrogens with zero attached hydrogens (tertiary/aromatic N) is 2. The number of hydrogen-bond donors (Lipinski definition) is 3. The minimum atomic E-state index is -0.145. The Hall–Kier alpha value is -1.24. The van der Waals surface area contributed by atoms with Gasteiger partial charge < -0.3 is 11.1 Å². The van der Waals surface area contributed by atoms with E-state index in [-0.39, 0.29) is 11.5 Å². The van der Waals surface area contributed by atoms with Crippen molar-refractivity contribution in [1.82, 2.24) is 10.3 Å². The Kier molecular flexibility index (Phi) is 3.56. The topological polar surface area (TPSA) is 101 Å². The van der Waals surface area contributed by atoms with Crippen LogP contribution in [0, 0.1) is 5.41 Å². The van der Waals surface area contributed by atoms with E-state index in [4.69, 9.17) is 11.1 Å². The predicted octanol–water partition coefficient (Wildman–Crippen LogP) is 0.129. The smallest absolute Gasteiger partial charge is 0.202 e. The molecule has 6 nitrogen and oxygen atoms in total. The molecule has 7 heteroatoms. The number of aromatic nitrogens is 2. The summed E-state index contributed by atoms with van der Waals surface area (Å²) in [5, 5.41) is 17.2. The van der Waals surface area contributed by atoms with Crippen molar-refractivity contribution >= 4 is 23.4 Å². The summed E-state index contributed by atoms with van der Waals surface area (Å²) in [6, 6.07) is 0. The van der Waals surface area contributed by atoms with Crippen LogP contribution in [0.2, 0.25) is 0 Å². The van der Waals surface area contributed by atoms with Gasteiger partial charge in [0.25, 0.3) is 0 Å². The summed E-state index contributed by atoms with van der Waals surface area (Å²) in [6.07, 6.45) is 2.01. The number of hydrogen-bond acceptors (Lipinski definition) is 6. The molecule has 1 aromatic rings. The number of nitrogen functional groups attached to an aromatic ring is 1. The van der Waals surface area contributed by atoms with Gasteiger partial charge in [-0.15, -0.1) is 0 Å². The van der Waals surface area contributed by atoms with Gasteiger partial charge in [0, 0.05) is 12.3 Å². The average molecular weight is 201 g/mol. The standard InChI is InChI=1S/C6H11N5OS/c1-13-3-2-9-6-4(5(7)8)10-12-11-6/h2-3H2,1H3,(H3,7,8)(H,9,11). The fourth-order valence-electron chi connectivity index (χ4n) is 0.753. The highest BCUT2D eigenvalue weighted by atomic mass is 32.2. The number of rotatable bonds is 5. The highest BCUT2D eigenvalue weighted by molar-refractivity contribution is 7.98. The van der Waals surface area contributed by atoms with Crippen molar-refractivity contribution in [3.63, 3.8) is 0 Å². The fourth-order valence-corrected chi connectivity index (χ4v) is 1.06. The average Bonchev–Trinajstić information content (AvgIpc) is 2.53. The molecule has 0 bridgehead atoms. The molecule has 0 spiro atoms. The van der Waals surface area contributed by atoms with Crippen LogP contribution in [-0.4, -0.2) is 34.7 Å². The lowest BCUT2D eigenvalue weighted by Crippen LogP contribution is -2.15. The number of anilines is 1. The zero-order chi connectivity index (χ0) is 9.68. The number of thioether (sulfide) groups is 1. The molecule has 0 amide bonds. The number of amidine groups is 1. The summed E-state index contributed by atoms with van der Waals surface area (Å²) in [4.78, 5) is 0. The van der Waals surface area contributed by atoms with Gasteiger partial charge in [0.2, 0.25) is 5.82 Å². The van der Waals surface area contributed by atoms with Gasteiger partial charge in [-0.2, -0.15) is 11.8 Å². The first kappa shape index (κ1) is 9.85. The molecule has 72 valence electrons. The van der Waals surface area contributed by atoms with E-state index in [0.717, 1.165) is 12.3 Å². The van der Waals surface area contributed by atoms with Crippen LogP contribution in [0.15, 0.2) is 4.63 Å². The van der Waals surface area contributed by atoms with E-state index in [1.54, 1.807) is 11.8 Å². The van der Waals surface area contributed by atoms with Gasteiger partial charge in [-0.1, -0.05) is 0 Å². The first-order valence-corrected chi connectivity index (χ1v) is 5.05. The number of nitrogens with one attached hydrogen (secondary N) is 2. The van der Waals surface area contributed by atoms with Crippen LogP contribution in [0.5, 0.6) is 0 Å². The van der Waals surface area contributed by atoms with E-state index in [9.17, 15) is 0 Å². The minimum absolute atomic E-state index is 0.145. The largest absolute Gasteiger partial charge is 0.382 e. The van der Waals surface area contributed by atoms with Crippen molar-refractivity contribution in [2.75, 3.05) is 23.9 Å². The highest BCUT2D eigenvalue weighted by Crippen LogP contribution is 2.07. The van der Waals surface area contributed by atoms with E-state index in [1.807, 2.05) is 6.26 Å². The predicted molar refractivity (Wildman–Crippen MR) is 52.2 cm³/mol. The monoisotopic (exact) mass is 201 g/mol. The molecule has 0 saturated heterocycles. The molecule has 0 unspecified atom stereocenters. The molecular weight excluding hydrogens is 190 g/mol. The molecule has 0 aromatic carbocycles. The summed E-state index contributed by atoms with van der Waals surface area (Å²) in [5.41, 5.74) is 5.50. The third kappa shape index (κ3) is 2.62. The van der Waals surface area contributed by atoms with Crippen LogP contribution in [-0.2, 0) is 0 Å². The van der Waals surface area contributed by atoms with E-state index < -0.39 is 0 Å². The molecular formula is C6H11N5OS. The third-order valence-corrected chi connectivity index (χ3v) is 1.95. The third-order valence-electron chi connectivity index (χ3n) is 1.34. The normalized spacial score (nSPS) is 9.92. The summed E-state index contributed by atoms with van der Waals surface area (Å²) < 4.78 is 4.45. The highest BCUT2D eigenvalue weighted by Gasteiger charge is 2.11. The molecule has 13 heavy (non-hydrogen) atoms. The molecule has 1 heterocycles. The molecule has 0 aliphatic carbocycles. The van der Waals surface area contributed by atoms with Crippen LogP contribution in [0.1, 0.15) is 5.69 Å². The van der Waals surface area contributed by atoms with E-state index in [1.165, 1.54) is 0 Å². The van der Waals surface area contributed by atoms with Crippen molar-refractivity contribution in [2.24, 2.45) is 5.73 Å². The van der Waals surface area contributed by atoms with Gasteiger partial charge in [-0.3, -0.25) is 5.41 Å². The van der Waals surface area contributed by atoms with Crippen molar-refractivity contribution in [1.29, 1.82) is 5.41 Å². The minimum Gasteiger partial charge on any atom is -0.382 e. The lowest BCUT2D eigenvalue weighted by Gasteiger charge is -2.00. The molecule has 1 aromatic heterocycles. The SMILES string of the molecule is CSCCNc1nonc1C(=N)N. The maximum absolute atomic E-state index is 7.14. The van der Waals surface area contributed by atoms with Crippen LogP contribution in [0.25, 0.3) is 0 Å². The number of nitrogens with two attached hydrogens (primary N) is 1. The van der Waals surface area contributed by atoms with Gasteiger partial charge in [0.05, 0.1) is 0 Å². The van der Waals surface area contributed by atoms with Gasteiger partial charge >= 0.3 is 0 Å². The molecule has 0 fully saturated rings. The second kappa shape index (κ2) is 4.70. The Bertz CT molecular complexity index is 286. The van der Waals surface area contributed by atoms with Crippen LogP contribution < -0.4 is 11.1 Å². The summed E-state index contributed by atoms with van der Waals surface area (Å²) >= 11 is 1.71. The van der Waals surface area contributed by atoms with Crippen LogP contribution in [0.4, 0.5) is 5.82 Å². The van der Waals surface area contributed by atoms with Crippen LogP contribution in [0.3, 0.4) is 0 Å². The second-order valence-electron chi connectivity index (χ2n) is 2.29. The molecule has 1 rings (SSSR count). The molecule has 0 aliphatic rings. The molecule has 0 atom stereocenters. The Morgan fingerprint density at radius 3 is 3.08 bits per heavy atom. The van der Waals surface area contributed by atoms with Crippen molar-refractivity contribution in [2.45, 2.75) is 0 Å². The molecule has 4 N–H and O–H groups in total. The van der Waals surface area contributed by atoms with Crippen molar-refractivity contribution in [3.8, 4) is 0 Å². The van der Waals surface area contributed by atoms with Crippen LogP contribution >= 0.6 is 11.8 Å². The summed E-state index contributed by atoms with van der Waals surface area (Å²) in [7, 11) is 0. The quantitative estimate of drug-likeness (QED) is 0.355. The zero-order valence-electron chi connectivity index (χ0n) is 7.20. The van der Waals surface area contributed by atoms with Gasteiger partial charge in [-0.25, -0.2) is 4.63 Å². The Morgan fingerprint density at radius 2 is 2.46 bits per heavy atom. The van der Waals surface area contributed by atoms with Gasteiger partial charge in [0.15, 0.2) is 5.69 Å². The first-order valence-electron chi connectivity index (χ1n) is 3.65. The Labute approximate surface area is 79.7 Å². The maximum Gasteiger partial charge on any atom is 0.202 e. The first-order chi connectivity index (χ1) is 6.25. The summed E-state index contributed by atoms with van der Waals surface area (Å²) in [6.45, 7) is 0.746. The zero-order valence-corrected chi connectivity index (χ0v) is 8.02. The van der Waals surface area contributed by atoms with E-state index >= 15 is 0 Å². The Balaban J connectivity index is 2.55. The Morgan fingerprint density at radius 1 is 1.69 bits per heavy atom. The van der Waals surface area contributed by atoms with Crippen molar-refractivity contribution in [3.05, 3.63) is 5.69 Å². The van der Waals surface area contributed by atoms with E-state index in [0.29, 0.717) is 5.82 Å². The van der Waals surface area contributed by atoms with E-state index in [2.05, 4.69) is 20.3 Å². The molecule has 0 radical (unpaired) electrons. The lowest BCUT2D eigenvalue weighted by atomic mass is 10.4.